The van der Waals surface area contributed by atoms with E-state index in [1.807, 2.05) is 0 Å². The summed E-state index contributed by atoms with van der Waals surface area (Å²) in [6.07, 6.45) is 0. The molecule has 5 nitrogen and oxygen atoms in total. The first-order valence-corrected chi connectivity index (χ1v) is 6.36. The summed E-state index contributed by atoms with van der Waals surface area (Å²) >= 11 is 0. The first-order chi connectivity index (χ1) is 10.1. The highest BCUT2D eigenvalue weighted by atomic mass is 16.5. The zero-order chi connectivity index (χ0) is 15.4. The second kappa shape index (κ2) is 6.17. The van der Waals surface area contributed by atoms with Gasteiger partial charge in [-0.25, -0.2) is 0 Å². The SMILES string of the molecule is COc1ccc(N(C)C(=O)c2cc(OC)ccc2O)cc1. The van der Waals surface area contributed by atoms with Crippen LogP contribution in [0.25, 0.3) is 0 Å². The maximum Gasteiger partial charge on any atom is 0.261 e. The number of amides is 1. The molecule has 110 valence electrons. The first kappa shape index (κ1) is 14.7. The summed E-state index contributed by atoms with van der Waals surface area (Å²) in [6, 6.07) is 11.6. The Morgan fingerprint density at radius 1 is 1.00 bits per heavy atom. The number of carbonyl (C=O) groups is 1. The normalized spacial score (nSPS) is 10.0. The number of anilines is 1. The molecule has 0 unspecified atom stereocenters. The largest absolute Gasteiger partial charge is 0.507 e. The van der Waals surface area contributed by atoms with Crippen LogP contribution in [0.1, 0.15) is 10.4 Å². The molecule has 0 saturated carbocycles. The molecule has 0 aliphatic carbocycles. The Kier molecular flexibility index (Phi) is 4.33. The summed E-state index contributed by atoms with van der Waals surface area (Å²) in [5, 5.41) is 9.86. The van der Waals surface area contributed by atoms with Crippen LogP contribution in [-0.2, 0) is 0 Å². The van der Waals surface area contributed by atoms with Gasteiger partial charge >= 0.3 is 0 Å². The zero-order valence-corrected chi connectivity index (χ0v) is 12.2. The lowest BCUT2D eigenvalue weighted by molar-refractivity contribution is 0.0990. The van der Waals surface area contributed by atoms with E-state index >= 15 is 0 Å². The fourth-order valence-corrected chi connectivity index (χ4v) is 1.92. The van der Waals surface area contributed by atoms with Crippen molar-refractivity contribution in [3.8, 4) is 17.2 Å². The van der Waals surface area contributed by atoms with Gasteiger partial charge in [0.25, 0.3) is 5.91 Å². The summed E-state index contributed by atoms with van der Waals surface area (Å²) in [4.78, 5) is 13.9. The van der Waals surface area contributed by atoms with Crippen molar-refractivity contribution in [3.05, 3.63) is 48.0 Å². The second-order valence-corrected chi connectivity index (χ2v) is 4.45. The van der Waals surface area contributed by atoms with E-state index in [1.54, 1.807) is 44.5 Å². The van der Waals surface area contributed by atoms with Crippen LogP contribution in [0.3, 0.4) is 0 Å². The second-order valence-electron chi connectivity index (χ2n) is 4.45. The van der Waals surface area contributed by atoms with Gasteiger partial charge in [0.1, 0.15) is 17.2 Å². The lowest BCUT2D eigenvalue weighted by atomic mass is 10.1. The van der Waals surface area contributed by atoms with Crippen LogP contribution < -0.4 is 14.4 Å². The third kappa shape index (κ3) is 3.08. The van der Waals surface area contributed by atoms with Gasteiger partial charge in [0, 0.05) is 12.7 Å². The van der Waals surface area contributed by atoms with Gasteiger partial charge in [-0.1, -0.05) is 0 Å². The number of phenolic OH excluding ortho intramolecular Hbond substituents is 1. The molecular formula is C16H17NO4. The number of phenols is 1. The topological polar surface area (TPSA) is 59.0 Å². The van der Waals surface area contributed by atoms with E-state index in [4.69, 9.17) is 9.47 Å². The lowest BCUT2D eigenvalue weighted by Gasteiger charge is -2.18. The highest BCUT2D eigenvalue weighted by Crippen LogP contribution is 2.26. The van der Waals surface area contributed by atoms with E-state index in [0.717, 1.165) is 0 Å². The van der Waals surface area contributed by atoms with Crippen LogP contribution in [-0.4, -0.2) is 32.3 Å². The number of rotatable bonds is 4. The molecule has 0 aliphatic heterocycles. The summed E-state index contributed by atoms with van der Waals surface area (Å²) in [7, 11) is 4.73. The van der Waals surface area contributed by atoms with Crippen molar-refractivity contribution in [2.24, 2.45) is 0 Å². The van der Waals surface area contributed by atoms with Crippen molar-refractivity contribution < 1.29 is 19.4 Å². The number of hydrogen-bond donors (Lipinski definition) is 1. The van der Waals surface area contributed by atoms with Gasteiger partial charge in [0.05, 0.1) is 19.8 Å². The summed E-state index contributed by atoms with van der Waals surface area (Å²) in [6.45, 7) is 0. The standard InChI is InChI=1S/C16H17NO4/c1-17(11-4-6-12(20-2)7-5-11)16(19)14-10-13(21-3)8-9-15(14)18/h4-10,18H,1-3H3. The molecular weight excluding hydrogens is 270 g/mol. The maximum atomic E-state index is 12.5. The minimum absolute atomic E-state index is 0.0823. The molecule has 0 spiro atoms. The minimum Gasteiger partial charge on any atom is -0.507 e. The Bertz CT molecular complexity index is 637. The van der Waals surface area contributed by atoms with Gasteiger partial charge in [-0.3, -0.25) is 4.79 Å². The van der Waals surface area contributed by atoms with Crippen molar-refractivity contribution in [1.29, 1.82) is 0 Å². The molecule has 2 aromatic rings. The van der Waals surface area contributed by atoms with E-state index in [9.17, 15) is 9.90 Å². The Hall–Kier alpha value is -2.69. The van der Waals surface area contributed by atoms with Crippen molar-refractivity contribution in [2.45, 2.75) is 0 Å². The molecule has 2 aromatic carbocycles. The smallest absolute Gasteiger partial charge is 0.261 e. The Labute approximate surface area is 123 Å². The van der Waals surface area contributed by atoms with E-state index in [-0.39, 0.29) is 17.2 Å². The number of ether oxygens (including phenoxy) is 2. The van der Waals surface area contributed by atoms with Crippen LogP contribution >= 0.6 is 0 Å². The van der Waals surface area contributed by atoms with Gasteiger partial charge in [-0.05, 0) is 42.5 Å². The average Bonchev–Trinajstić information content (AvgIpc) is 2.54. The third-order valence-corrected chi connectivity index (χ3v) is 3.20. The van der Waals surface area contributed by atoms with Crippen molar-refractivity contribution in [3.63, 3.8) is 0 Å². The van der Waals surface area contributed by atoms with Crippen molar-refractivity contribution in [1.82, 2.24) is 0 Å². The number of nitrogens with zero attached hydrogens (tertiary/aromatic N) is 1. The average molecular weight is 287 g/mol. The van der Waals surface area contributed by atoms with Gasteiger partial charge in [0.2, 0.25) is 0 Å². The monoisotopic (exact) mass is 287 g/mol. The molecule has 2 rings (SSSR count). The van der Waals surface area contributed by atoms with Crippen LogP contribution in [0.15, 0.2) is 42.5 Å². The highest BCUT2D eigenvalue weighted by Gasteiger charge is 2.18. The fraction of sp³-hybridized carbons (Fsp3) is 0.188. The minimum atomic E-state index is -0.323. The third-order valence-electron chi connectivity index (χ3n) is 3.20. The summed E-state index contributed by atoms with van der Waals surface area (Å²) < 4.78 is 10.2. The van der Waals surface area contributed by atoms with E-state index < -0.39 is 0 Å². The molecule has 1 amide bonds. The maximum absolute atomic E-state index is 12.5. The predicted molar refractivity (Wildman–Crippen MR) is 80.4 cm³/mol. The summed E-state index contributed by atoms with van der Waals surface area (Å²) in [5.74, 6) is 0.820. The molecule has 0 atom stereocenters. The fourth-order valence-electron chi connectivity index (χ4n) is 1.92. The predicted octanol–water partition coefficient (Wildman–Crippen LogP) is 2.69. The van der Waals surface area contributed by atoms with Crippen LogP contribution in [0.5, 0.6) is 17.2 Å². The van der Waals surface area contributed by atoms with E-state index in [2.05, 4.69) is 0 Å². The van der Waals surface area contributed by atoms with Gasteiger partial charge < -0.3 is 19.5 Å². The Morgan fingerprint density at radius 3 is 2.14 bits per heavy atom. The number of aromatic hydroxyl groups is 1. The number of methoxy groups -OCH3 is 2. The Balaban J connectivity index is 2.29. The molecule has 0 saturated heterocycles. The first-order valence-electron chi connectivity index (χ1n) is 6.36. The van der Waals surface area contributed by atoms with Gasteiger partial charge in [0.15, 0.2) is 0 Å². The Morgan fingerprint density at radius 2 is 1.57 bits per heavy atom. The van der Waals surface area contributed by atoms with Crippen LogP contribution in [0, 0.1) is 0 Å². The highest BCUT2D eigenvalue weighted by molar-refractivity contribution is 6.07. The van der Waals surface area contributed by atoms with Crippen LogP contribution in [0.4, 0.5) is 5.69 Å². The molecule has 0 fully saturated rings. The lowest BCUT2D eigenvalue weighted by Crippen LogP contribution is -2.26. The van der Waals surface area contributed by atoms with Gasteiger partial charge in [-0.15, -0.1) is 0 Å². The number of carbonyl (C=O) groups excluding carboxylic acids is 1. The molecule has 0 radical (unpaired) electrons. The molecule has 5 heteroatoms. The number of benzene rings is 2. The molecule has 21 heavy (non-hydrogen) atoms. The zero-order valence-electron chi connectivity index (χ0n) is 12.2. The quantitative estimate of drug-likeness (QED) is 0.939. The van der Waals surface area contributed by atoms with E-state index in [0.29, 0.717) is 17.2 Å². The molecule has 0 bridgehead atoms. The van der Waals surface area contributed by atoms with Crippen molar-refractivity contribution in [2.75, 3.05) is 26.2 Å². The molecule has 0 heterocycles. The molecule has 1 N–H and O–H groups in total. The van der Waals surface area contributed by atoms with Gasteiger partial charge in [-0.2, -0.15) is 0 Å². The molecule has 0 aliphatic rings. The van der Waals surface area contributed by atoms with Crippen LogP contribution in [0.2, 0.25) is 0 Å². The number of hydrogen-bond acceptors (Lipinski definition) is 4. The summed E-state index contributed by atoms with van der Waals surface area (Å²) in [5.41, 5.74) is 0.885. The van der Waals surface area contributed by atoms with Crippen molar-refractivity contribution >= 4 is 11.6 Å². The van der Waals surface area contributed by atoms with E-state index in [1.165, 1.54) is 24.1 Å². The molecule has 0 aromatic heterocycles.